The molecule has 0 aliphatic carbocycles. The number of likely N-dealkylation sites (N-methyl/N-ethyl adjacent to an activating group) is 1. The van der Waals surface area contributed by atoms with E-state index in [2.05, 4.69) is 36.0 Å². The van der Waals surface area contributed by atoms with Crippen molar-refractivity contribution in [3.8, 4) is 0 Å². The van der Waals surface area contributed by atoms with Crippen molar-refractivity contribution in [2.45, 2.75) is 38.4 Å². The maximum Gasteiger partial charge on any atom is 0.0710 e. The van der Waals surface area contributed by atoms with Gasteiger partial charge in [0.2, 0.25) is 0 Å². The van der Waals surface area contributed by atoms with E-state index < -0.39 is 0 Å². The van der Waals surface area contributed by atoms with Crippen LogP contribution < -0.4 is 5.32 Å². The fourth-order valence-corrected chi connectivity index (χ4v) is 2.89. The highest BCUT2D eigenvalue weighted by atomic mass is 16.5. The van der Waals surface area contributed by atoms with Gasteiger partial charge in [-0.3, -0.25) is 4.90 Å². The van der Waals surface area contributed by atoms with Crippen LogP contribution in [-0.4, -0.2) is 74.4 Å². The SMILES string of the molecule is CN(CCN1CCNCC1)CC1CCC(C)(C)O1. The third-order valence-corrected chi connectivity index (χ3v) is 4.08. The summed E-state index contributed by atoms with van der Waals surface area (Å²) in [5.41, 5.74) is 0.101. The zero-order valence-corrected chi connectivity index (χ0v) is 12.2. The Balaban J connectivity index is 1.61. The van der Waals surface area contributed by atoms with E-state index in [9.17, 15) is 0 Å². The van der Waals surface area contributed by atoms with Crippen molar-refractivity contribution in [2.75, 3.05) is 52.9 Å². The Labute approximate surface area is 112 Å². The van der Waals surface area contributed by atoms with Crippen molar-refractivity contribution in [1.29, 1.82) is 0 Å². The molecule has 1 N–H and O–H groups in total. The number of hydrogen-bond acceptors (Lipinski definition) is 4. The number of piperazine rings is 1. The van der Waals surface area contributed by atoms with Gasteiger partial charge in [-0.05, 0) is 33.7 Å². The molecule has 4 nitrogen and oxygen atoms in total. The Morgan fingerprint density at radius 1 is 1.33 bits per heavy atom. The lowest BCUT2D eigenvalue weighted by molar-refractivity contribution is -0.0266. The Morgan fingerprint density at radius 2 is 2.06 bits per heavy atom. The average molecular weight is 255 g/mol. The van der Waals surface area contributed by atoms with Gasteiger partial charge in [0.25, 0.3) is 0 Å². The monoisotopic (exact) mass is 255 g/mol. The summed E-state index contributed by atoms with van der Waals surface area (Å²) in [5.74, 6) is 0. The zero-order valence-electron chi connectivity index (χ0n) is 12.2. The van der Waals surface area contributed by atoms with E-state index in [0.29, 0.717) is 6.10 Å². The topological polar surface area (TPSA) is 27.7 Å². The summed E-state index contributed by atoms with van der Waals surface area (Å²) in [6.07, 6.45) is 2.85. The summed E-state index contributed by atoms with van der Waals surface area (Å²) in [5, 5.41) is 3.39. The molecule has 18 heavy (non-hydrogen) atoms. The highest BCUT2D eigenvalue weighted by Gasteiger charge is 2.31. The minimum Gasteiger partial charge on any atom is -0.371 e. The maximum absolute atomic E-state index is 6.05. The van der Waals surface area contributed by atoms with Gasteiger partial charge in [0.05, 0.1) is 11.7 Å². The lowest BCUT2D eigenvalue weighted by Gasteiger charge is -2.30. The first-order chi connectivity index (χ1) is 8.55. The molecule has 106 valence electrons. The molecule has 1 unspecified atom stereocenters. The zero-order chi connectivity index (χ0) is 13.0. The minimum absolute atomic E-state index is 0.101. The highest BCUT2D eigenvalue weighted by Crippen LogP contribution is 2.29. The summed E-state index contributed by atoms with van der Waals surface area (Å²) < 4.78 is 6.05. The van der Waals surface area contributed by atoms with Crippen LogP contribution in [0.4, 0.5) is 0 Å². The van der Waals surface area contributed by atoms with Crippen LogP contribution in [0.5, 0.6) is 0 Å². The van der Waals surface area contributed by atoms with E-state index in [-0.39, 0.29) is 5.60 Å². The van der Waals surface area contributed by atoms with Crippen LogP contribution in [0.1, 0.15) is 26.7 Å². The van der Waals surface area contributed by atoms with Crippen LogP contribution in [0.25, 0.3) is 0 Å². The standard InChI is InChI=1S/C14H29N3O/c1-14(2)5-4-13(18-14)12-16(3)10-11-17-8-6-15-7-9-17/h13,15H,4-12H2,1-3H3. The van der Waals surface area contributed by atoms with Crippen molar-refractivity contribution in [3.05, 3.63) is 0 Å². The molecule has 2 fully saturated rings. The molecule has 0 amide bonds. The molecule has 2 saturated heterocycles. The Kier molecular flexibility index (Phi) is 5.01. The van der Waals surface area contributed by atoms with Gasteiger partial charge in [0, 0.05) is 45.8 Å². The minimum atomic E-state index is 0.101. The molecule has 2 aliphatic heterocycles. The summed E-state index contributed by atoms with van der Waals surface area (Å²) in [4.78, 5) is 4.97. The number of nitrogens with one attached hydrogen (secondary N) is 1. The molecule has 1 atom stereocenters. The number of rotatable bonds is 5. The van der Waals surface area contributed by atoms with E-state index in [1.165, 1.54) is 32.5 Å². The van der Waals surface area contributed by atoms with Crippen LogP contribution >= 0.6 is 0 Å². The molecular weight excluding hydrogens is 226 g/mol. The predicted octanol–water partition coefficient (Wildman–Crippen LogP) is 0.781. The molecule has 2 rings (SSSR count). The molecule has 0 bridgehead atoms. The van der Waals surface area contributed by atoms with Gasteiger partial charge in [-0.15, -0.1) is 0 Å². The van der Waals surface area contributed by atoms with Gasteiger partial charge in [-0.25, -0.2) is 0 Å². The number of hydrogen-bond donors (Lipinski definition) is 1. The second-order valence-corrected chi connectivity index (χ2v) is 6.39. The molecule has 0 aromatic rings. The summed E-state index contributed by atoms with van der Waals surface area (Å²) in [6, 6.07) is 0. The smallest absolute Gasteiger partial charge is 0.0710 e. The van der Waals surface area contributed by atoms with Crippen molar-refractivity contribution in [1.82, 2.24) is 15.1 Å². The van der Waals surface area contributed by atoms with Crippen LogP contribution in [0.15, 0.2) is 0 Å². The van der Waals surface area contributed by atoms with E-state index >= 15 is 0 Å². The number of nitrogens with zero attached hydrogens (tertiary/aromatic N) is 2. The first kappa shape index (κ1) is 14.3. The third kappa shape index (κ3) is 4.50. The quantitative estimate of drug-likeness (QED) is 0.786. The van der Waals surface area contributed by atoms with Crippen LogP contribution in [0, 0.1) is 0 Å². The second kappa shape index (κ2) is 6.33. The van der Waals surface area contributed by atoms with Crippen molar-refractivity contribution in [3.63, 3.8) is 0 Å². The lowest BCUT2D eigenvalue weighted by atomic mass is 10.1. The fraction of sp³-hybridized carbons (Fsp3) is 1.00. The van der Waals surface area contributed by atoms with Crippen molar-refractivity contribution < 1.29 is 4.74 Å². The van der Waals surface area contributed by atoms with Gasteiger partial charge in [0.1, 0.15) is 0 Å². The fourth-order valence-electron chi connectivity index (χ4n) is 2.89. The maximum atomic E-state index is 6.05. The normalized spacial score (nSPS) is 29.0. The predicted molar refractivity (Wildman–Crippen MR) is 75.0 cm³/mol. The van der Waals surface area contributed by atoms with Crippen LogP contribution in [0.3, 0.4) is 0 Å². The molecule has 0 aromatic heterocycles. The summed E-state index contributed by atoms with van der Waals surface area (Å²) in [7, 11) is 2.22. The molecule has 2 heterocycles. The van der Waals surface area contributed by atoms with Gasteiger partial charge < -0.3 is 15.0 Å². The first-order valence-electron chi connectivity index (χ1n) is 7.35. The molecule has 4 heteroatoms. The van der Waals surface area contributed by atoms with Gasteiger partial charge >= 0.3 is 0 Å². The number of ether oxygens (including phenoxy) is 1. The Bertz CT molecular complexity index is 251. The summed E-state index contributed by atoms with van der Waals surface area (Å²) >= 11 is 0. The second-order valence-electron chi connectivity index (χ2n) is 6.39. The Morgan fingerprint density at radius 3 is 2.67 bits per heavy atom. The van der Waals surface area contributed by atoms with E-state index in [1.54, 1.807) is 0 Å². The van der Waals surface area contributed by atoms with Crippen molar-refractivity contribution in [2.24, 2.45) is 0 Å². The molecule has 0 radical (unpaired) electrons. The van der Waals surface area contributed by atoms with Crippen molar-refractivity contribution >= 4 is 0 Å². The van der Waals surface area contributed by atoms with Crippen LogP contribution in [-0.2, 0) is 4.74 Å². The van der Waals surface area contributed by atoms with E-state index in [1.807, 2.05) is 0 Å². The van der Waals surface area contributed by atoms with Gasteiger partial charge in [-0.1, -0.05) is 0 Å². The molecule has 0 saturated carbocycles. The molecular formula is C14H29N3O. The van der Waals surface area contributed by atoms with Crippen LogP contribution in [0.2, 0.25) is 0 Å². The highest BCUT2D eigenvalue weighted by molar-refractivity contribution is 4.82. The van der Waals surface area contributed by atoms with Gasteiger partial charge in [-0.2, -0.15) is 0 Å². The molecule has 2 aliphatic rings. The van der Waals surface area contributed by atoms with E-state index in [0.717, 1.165) is 26.2 Å². The third-order valence-electron chi connectivity index (χ3n) is 4.08. The molecule has 0 spiro atoms. The molecule has 0 aromatic carbocycles. The van der Waals surface area contributed by atoms with E-state index in [4.69, 9.17) is 4.74 Å². The van der Waals surface area contributed by atoms with Gasteiger partial charge in [0.15, 0.2) is 0 Å². The average Bonchev–Trinajstić information content (AvgIpc) is 2.67. The Hall–Kier alpha value is -0.160. The largest absolute Gasteiger partial charge is 0.371 e. The summed E-state index contributed by atoms with van der Waals surface area (Å²) in [6.45, 7) is 12.5. The lowest BCUT2D eigenvalue weighted by Crippen LogP contribution is -2.46. The first-order valence-corrected chi connectivity index (χ1v) is 7.35.